The molecule has 1 aliphatic rings. The van der Waals surface area contributed by atoms with Gasteiger partial charge in [-0.05, 0) is 42.9 Å². The van der Waals surface area contributed by atoms with E-state index in [0.29, 0.717) is 30.5 Å². The summed E-state index contributed by atoms with van der Waals surface area (Å²) >= 11 is 1.58. The Morgan fingerprint density at radius 1 is 1.44 bits per heavy atom. The van der Waals surface area contributed by atoms with Gasteiger partial charge in [-0.15, -0.1) is 11.3 Å². The van der Waals surface area contributed by atoms with E-state index in [0.717, 1.165) is 29.6 Å². The minimum Gasteiger partial charge on any atom is -0.331 e. The summed E-state index contributed by atoms with van der Waals surface area (Å²) in [5, 5.41) is 5.89. The second-order valence-electron chi connectivity index (χ2n) is 6.29. The average molecular weight is 365 g/mol. The van der Waals surface area contributed by atoms with Crippen LogP contribution in [-0.4, -0.2) is 23.0 Å². The molecular weight excluding hydrogens is 344 g/mol. The van der Waals surface area contributed by atoms with E-state index in [2.05, 4.69) is 10.3 Å². The lowest BCUT2D eigenvalue weighted by molar-refractivity contribution is 0.200. The highest BCUT2D eigenvalue weighted by molar-refractivity contribution is 7.09. The Morgan fingerprint density at radius 2 is 2.24 bits per heavy atom. The van der Waals surface area contributed by atoms with Crippen molar-refractivity contribution in [3.63, 3.8) is 0 Å². The third-order valence-corrected chi connectivity index (χ3v) is 5.48. The van der Waals surface area contributed by atoms with Gasteiger partial charge in [-0.2, -0.15) is 0 Å². The van der Waals surface area contributed by atoms with Gasteiger partial charge < -0.3 is 10.2 Å². The van der Waals surface area contributed by atoms with Crippen LogP contribution in [0.5, 0.6) is 0 Å². The SMILES string of the molecule is CCc1nc(CN(C)C(=O)N[C@H]2CCCc3c(F)cc(F)cc32)cs1. The van der Waals surface area contributed by atoms with Crippen molar-refractivity contribution in [2.45, 2.75) is 45.2 Å². The van der Waals surface area contributed by atoms with Crippen molar-refractivity contribution in [3.8, 4) is 0 Å². The van der Waals surface area contributed by atoms with Gasteiger partial charge in [-0.25, -0.2) is 18.6 Å². The van der Waals surface area contributed by atoms with Gasteiger partial charge >= 0.3 is 6.03 Å². The molecule has 25 heavy (non-hydrogen) atoms. The summed E-state index contributed by atoms with van der Waals surface area (Å²) in [6.45, 7) is 2.44. The largest absolute Gasteiger partial charge is 0.331 e. The Morgan fingerprint density at radius 3 is 2.96 bits per heavy atom. The third kappa shape index (κ3) is 3.98. The number of carbonyl (C=O) groups excluding carboxylic acids is 1. The molecule has 0 aliphatic heterocycles. The van der Waals surface area contributed by atoms with E-state index in [1.54, 1.807) is 23.3 Å². The van der Waals surface area contributed by atoms with Crippen molar-refractivity contribution in [3.05, 3.63) is 51.0 Å². The standard InChI is InChI=1S/C18H21F2N3OS/c1-3-17-21-12(10-25-17)9-23(2)18(24)22-16-6-4-5-13-14(16)7-11(19)8-15(13)20/h7-8,10,16H,3-6,9H2,1-2H3,(H,22,24)/t16-/m0/s1. The summed E-state index contributed by atoms with van der Waals surface area (Å²) in [6.07, 6.45) is 2.88. The van der Waals surface area contributed by atoms with Gasteiger partial charge in [0.15, 0.2) is 0 Å². The summed E-state index contributed by atoms with van der Waals surface area (Å²) < 4.78 is 27.5. The van der Waals surface area contributed by atoms with Crippen LogP contribution < -0.4 is 5.32 Å². The monoisotopic (exact) mass is 365 g/mol. The fourth-order valence-corrected chi connectivity index (χ4v) is 3.88. The summed E-state index contributed by atoms with van der Waals surface area (Å²) in [5.74, 6) is -1.14. The van der Waals surface area contributed by atoms with Crippen molar-refractivity contribution < 1.29 is 13.6 Å². The van der Waals surface area contributed by atoms with Gasteiger partial charge in [-0.1, -0.05) is 6.92 Å². The maximum Gasteiger partial charge on any atom is 0.317 e. The maximum absolute atomic E-state index is 14.0. The number of nitrogens with zero attached hydrogens (tertiary/aromatic N) is 2. The zero-order chi connectivity index (χ0) is 18.0. The van der Waals surface area contributed by atoms with Crippen LogP contribution in [-0.2, 0) is 19.4 Å². The highest BCUT2D eigenvalue weighted by Gasteiger charge is 2.26. The molecule has 0 saturated heterocycles. The molecule has 4 nitrogen and oxygen atoms in total. The molecule has 0 bridgehead atoms. The predicted molar refractivity (Wildman–Crippen MR) is 93.5 cm³/mol. The van der Waals surface area contributed by atoms with Crippen LogP contribution >= 0.6 is 11.3 Å². The molecular formula is C18H21F2N3OS. The van der Waals surface area contributed by atoms with E-state index >= 15 is 0 Å². The van der Waals surface area contributed by atoms with Crippen molar-refractivity contribution in [2.75, 3.05) is 7.05 Å². The molecule has 7 heteroatoms. The molecule has 0 spiro atoms. The van der Waals surface area contributed by atoms with E-state index in [9.17, 15) is 13.6 Å². The maximum atomic E-state index is 14.0. The smallest absolute Gasteiger partial charge is 0.317 e. The predicted octanol–water partition coefficient (Wildman–Crippen LogP) is 4.20. The van der Waals surface area contributed by atoms with Crippen LogP contribution in [0.25, 0.3) is 0 Å². The van der Waals surface area contributed by atoms with Crippen molar-refractivity contribution >= 4 is 17.4 Å². The van der Waals surface area contributed by atoms with E-state index in [-0.39, 0.29) is 12.1 Å². The van der Waals surface area contributed by atoms with Crippen molar-refractivity contribution in [2.24, 2.45) is 0 Å². The fraction of sp³-hybridized carbons (Fsp3) is 0.444. The Bertz CT molecular complexity index is 778. The second-order valence-corrected chi connectivity index (χ2v) is 7.23. The number of aromatic nitrogens is 1. The topological polar surface area (TPSA) is 45.2 Å². The summed E-state index contributed by atoms with van der Waals surface area (Å²) in [5.41, 5.74) is 1.90. The summed E-state index contributed by atoms with van der Waals surface area (Å²) in [4.78, 5) is 18.5. The summed E-state index contributed by atoms with van der Waals surface area (Å²) in [6, 6.07) is 1.60. The van der Waals surface area contributed by atoms with Gasteiger partial charge in [0.1, 0.15) is 11.6 Å². The number of thiazole rings is 1. The number of hydrogen-bond acceptors (Lipinski definition) is 3. The number of aryl methyl sites for hydroxylation is 1. The van der Waals surface area contributed by atoms with E-state index in [4.69, 9.17) is 0 Å². The molecule has 0 fully saturated rings. The highest BCUT2D eigenvalue weighted by atomic mass is 32.1. The first-order chi connectivity index (χ1) is 12.0. The Hall–Kier alpha value is -2.02. The average Bonchev–Trinajstić information content (AvgIpc) is 3.03. The number of fused-ring (bicyclic) bond motifs is 1. The Labute approximate surface area is 149 Å². The molecule has 0 radical (unpaired) electrons. The van der Waals surface area contributed by atoms with E-state index in [1.165, 1.54) is 6.07 Å². The third-order valence-electron chi connectivity index (χ3n) is 4.44. The summed E-state index contributed by atoms with van der Waals surface area (Å²) in [7, 11) is 1.69. The Kier molecular flexibility index (Phi) is 5.32. The molecule has 1 aromatic heterocycles. The molecule has 1 aliphatic carbocycles. The molecule has 3 rings (SSSR count). The number of carbonyl (C=O) groups is 1. The molecule has 1 atom stereocenters. The van der Waals surface area contributed by atoms with Crippen LogP contribution in [0.1, 0.15) is 47.6 Å². The van der Waals surface area contributed by atoms with E-state index < -0.39 is 11.6 Å². The molecule has 0 unspecified atom stereocenters. The number of amides is 2. The number of halogens is 2. The first kappa shape index (κ1) is 17.8. The number of urea groups is 1. The lowest BCUT2D eigenvalue weighted by Crippen LogP contribution is -2.40. The van der Waals surface area contributed by atoms with Gasteiger partial charge in [-0.3, -0.25) is 0 Å². The molecule has 2 aromatic rings. The van der Waals surface area contributed by atoms with Crippen LogP contribution in [0.3, 0.4) is 0 Å². The quantitative estimate of drug-likeness (QED) is 0.882. The molecule has 0 saturated carbocycles. The van der Waals surface area contributed by atoms with Gasteiger partial charge in [0.05, 0.1) is 23.3 Å². The zero-order valence-corrected chi connectivity index (χ0v) is 15.1. The number of nitrogens with one attached hydrogen (secondary N) is 1. The van der Waals surface area contributed by atoms with Crippen LogP contribution in [0, 0.1) is 11.6 Å². The minimum atomic E-state index is -0.611. The van der Waals surface area contributed by atoms with Gasteiger partial charge in [0.25, 0.3) is 0 Å². The fourth-order valence-electron chi connectivity index (χ4n) is 3.14. The molecule has 1 aromatic carbocycles. The molecule has 1 heterocycles. The normalized spacial score (nSPS) is 16.4. The number of rotatable bonds is 4. The molecule has 134 valence electrons. The number of benzene rings is 1. The van der Waals surface area contributed by atoms with Gasteiger partial charge in [0, 0.05) is 18.5 Å². The molecule has 1 N–H and O–H groups in total. The van der Waals surface area contributed by atoms with Crippen molar-refractivity contribution in [1.29, 1.82) is 0 Å². The first-order valence-corrected chi connectivity index (χ1v) is 9.28. The lowest BCUT2D eigenvalue weighted by atomic mass is 9.87. The van der Waals surface area contributed by atoms with Crippen molar-refractivity contribution in [1.82, 2.24) is 15.2 Å². The minimum absolute atomic E-state index is 0.270. The van der Waals surface area contributed by atoms with Gasteiger partial charge in [0.2, 0.25) is 0 Å². The first-order valence-electron chi connectivity index (χ1n) is 8.40. The Balaban J connectivity index is 1.69. The second kappa shape index (κ2) is 7.47. The number of hydrogen-bond donors (Lipinski definition) is 1. The van der Waals surface area contributed by atoms with Crippen LogP contribution in [0.15, 0.2) is 17.5 Å². The highest BCUT2D eigenvalue weighted by Crippen LogP contribution is 2.32. The lowest BCUT2D eigenvalue weighted by Gasteiger charge is -2.28. The van der Waals surface area contributed by atoms with Crippen LogP contribution in [0.2, 0.25) is 0 Å². The molecule has 2 amide bonds. The van der Waals surface area contributed by atoms with Crippen LogP contribution in [0.4, 0.5) is 13.6 Å². The zero-order valence-electron chi connectivity index (χ0n) is 14.3. The van der Waals surface area contributed by atoms with E-state index in [1.807, 2.05) is 12.3 Å².